The lowest BCUT2D eigenvalue weighted by Gasteiger charge is -2.11. The minimum atomic E-state index is -2.70. The topological polar surface area (TPSA) is 32.3 Å². The van der Waals surface area contributed by atoms with Gasteiger partial charge in [0.25, 0.3) is 6.43 Å². The average Bonchev–Trinajstić information content (AvgIpc) is 2.23. The number of aryl methyl sites for hydroxylation is 1. The van der Waals surface area contributed by atoms with Gasteiger partial charge >= 0.3 is 0 Å². The van der Waals surface area contributed by atoms with Gasteiger partial charge in [-0.2, -0.15) is 0 Å². The van der Waals surface area contributed by atoms with Crippen LogP contribution < -0.4 is 5.32 Å². The van der Waals surface area contributed by atoms with Crippen molar-refractivity contribution in [2.75, 3.05) is 6.54 Å². The van der Waals surface area contributed by atoms with E-state index in [1.54, 1.807) is 0 Å². The van der Waals surface area contributed by atoms with E-state index in [1.165, 1.54) is 0 Å². The van der Waals surface area contributed by atoms with Crippen molar-refractivity contribution < 1.29 is 13.9 Å². The second-order valence-corrected chi connectivity index (χ2v) is 4.47. The van der Waals surface area contributed by atoms with Gasteiger partial charge in [0.05, 0.1) is 0 Å². The molecule has 0 aliphatic rings. The highest BCUT2D eigenvalue weighted by atomic mass is 79.9. The molecule has 0 fully saturated rings. The van der Waals surface area contributed by atoms with Crippen LogP contribution in [0.25, 0.3) is 0 Å². The Morgan fingerprint density at radius 3 is 2.69 bits per heavy atom. The zero-order valence-electron chi connectivity index (χ0n) is 8.88. The smallest absolute Gasteiger partial charge is 0.265 e. The number of benzene rings is 1. The maximum Gasteiger partial charge on any atom is 0.265 e. The van der Waals surface area contributed by atoms with Crippen LogP contribution in [0.5, 0.6) is 0 Å². The van der Waals surface area contributed by atoms with Gasteiger partial charge in [-0.15, -0.1) is 0 Å². The van der Waals surface area contributed by atoms with E-state index >= 15 is 0 Å². The third-order valence-corrected chi connectivity index (χ3v) is 3.09. The Balaban J connectivity index is 2.40. The van der Waals surface area contributed by atoms with Crippen molar-refractivity contribution in [3.8, 4) is 0 Å². The van der Waals surface area contributed by atoms with Crippen molar-refractivity contribution in [3.05, 3.63) is 33.8 Å². The van der Waals surface area contributed by atoms with Crippen molar-refractivity contribution in [1.82, 2.24) is 5.32 Å². The molecule has 0 amide bonds. The predicted molar refractivity (Wildman–Crippen MR) is 62.6 cm³/mol. The second kappa shape index (κ2) is 6.27. The third kappa shape index (κ3) is 4.15. The molecule has 5 heteroatoms. The van der Waals surface area contributed by atoms with E-state index < -0.39 is 12.5 Å². The van der Waals surface area contributed by atoms with Gasteiger partial charge in [0.15, 0.2) is 0 Å². The zero-order chi connectivity index (χ0) is 12.1. The summed E-state index contributed by atoms with van der Waals surface area (Å²) < 4.78 is 25.0. The molecule has 1 unspecified atom stereocenters. The Kier molecular flexibility index (Phi) is 5.31. The first-order chi connectivity index (χ1) is 7.50. The average molecular weight is 294 g/mol. The quantitative estimate of drug-likeness (QED) is 0.874. The minimum absolute atomic E-state index is 0.104. The molecule has 0 radical (unpaired) electrons. The molecule has 0 bridgehead atoms. The number of aliphatic hydroxyl groups excluding tert-OH is 1. The summed E-state index contributed by atoms with van der Waals surface area (Å²) in [6.45, 7) is 2.33. The molecule has 0 aromatic heterocycles. The normalized spacial score (nSPS) is 13.1. The molecule has 1 aromatic rings. The largest absolute Gasteiger partial charge is 0.386 e. The number of nitrogens with one attached hydrogen (secondary N) is 1. The molecular formula is C11H14BrF2NO. The standard InChI is InChI=1S/C11H14BrF2NO/c1-7-4-8(2-3-9(7)12)5-15-6-10(16)11(13)14/h2-4,10-11,15-16H,5-6H2,1H3. The Morgan fingerprint density at radius 2 is 2.12 bits per heavy atom. The summed E-state index contributed by atoms with van der Waals surface area (Å²) in [5.74, 6) is 0. The Morgan fingerprint density at radius 1 is 1.44 bits per heavy atom. The zero-order valence-corrected chi connectivity index (χ0v) is 10.5. The highest BCUT2D eigenvalue weighted by Gasteiger charge is 2.15. The van der Waals surface area contributed by atoms with Crippen molar-refractivity contribution in [2.24, 2.45) is 0 Å². The maximum absolute atomic E-state index is 12.0. The van der Waals surface area contributed by atoms with Gasteiger partial charge in [-0.1, -0.05) is 28.1 Å². The van der Waals surface area contributed by atoms with E-state index in [1.807, 2.05) is 25.1 Å². The highest BCUT2D eigenvalue weighted by molar-refractivity contribution is 9.10. The van der Waals surface area contributed by atoms with E-state index in [2.05, 4.69) is 21.2 Å². The van der Waals surface area contributed by atoms with Crippen LogP contribution in [-0.2, 0) is 6.54 Å². The molecule has 1 aromatic carbocycles. The van der Waals surface area contributed by atoms with E-state index in [-0.39, 0.29) is 6.54 Å². The first kappa shape index (κ1) is 13.5. The molecule has 0 spiro atoms. The van der Waals surface area contributed by atoms with Crippen LogP contribution >= 0.6 is 15.9 Å². The molecule has 16 heavy (non-hydrogen) atoms. The first-order valence-corrected chi connectivity index (χ1v) is 5.72. The number of hydrogen-bond acceptors (Lipinski definition) is 2. The summed E-state index contributed by atoms with van der Waals surface area (Å²) in [5, 5.41) is 11.7. The summed E-state index contributed by atoms with van der Waals surface area (Å²) in [5.41, 5.74) is 2.09. The summed E-state index contributed by atoms with van der Waals surface area (Å²) in [7, 11) is 0. The molecule has 1 atom stereocenters. The molecule has 0 aliphatic heterocycles. The van der Waals surface area contributed by atoms with Crippen LogP contribution in [0, 0.1) is 6.92 Å². The summed E-state index contributed by atoms with van der Waals surface area (Å²) in [4.78, 5) is 0. The monoisotopic (exact) mass is 293 g/mol. The number of alkyl halides is 2. The van der Waals surface area contributed by atoms with Crippen LogP contribution in [-0.4, -0.2) is 24.2 Å². The summed E-state index contributed by atoms with van der Waals surface area (Å²) >= 11 is 3.38. The van der Waals surface area contributed by atoms with Crippen molar-refractivity contribution >= 4 is 15.9 Å². The van der Waals surface area contributed by atoms with E-state index in [0.717, 1.165) is 15.6 Å². The lowest BCUT2D eigenvalue weighted by Crippen LogP contribution is -2.31. The van der Waals surface area contributed by atoms with Gasteiger partial charge in [-0.3, -0.25) is 0 Å². The summed E-state index contributed by atoms with van der Waals surface area (Å²) in [6, 6.07) is 5.78. The van der Waals surface area contributed by atoms with Gasteiger partial charge in [-0.25, -0.2) is 8.78 Å². The molecule has 1 rings (SSSR count). The lowest BCUT2D eigenvalue weighted by molar-refractivity contribution is -0.00340. The predicted octanol–water partition coefficient (Wildman–Crippen LogP) is 2.47. The van der Waals surface area contributed by atoms with Gasteiger partial charge in [0, 0.05) is 17.6 Å². The van der Waals surface area contributed by atoms with Crippen molar-refractivity contribution in [1.29, 1.82) is 0 Å². The SMILES string of the molecule is Cc1cc(CNCC(O)C(F)F)ccc1Br. The van der Waals surface area contributed by atoms with Crippen LogP contribution in [0.4, 0.5) is 8.78 Å². The number of rotatable bonds is 5. The van der Waals surface area contributed by atoms with Gasteiger partial charge in [0.1, 0.15) is 6.10 Å². The summed E-state index contributed by atoms with van der Waals surface area (Å²) in [6.07, 6.45) is -4.30. The Hall–Kier alpha value is -0.520. The molecule has 0 heterocycles. The van der Waals surface area contributed by atoms with Crippen LogP contribution in [0.15, 0.2) is 22.7 Å². The van der Waals surface area contributed by atoms with Gasteiger partial charge in [-0.05, 0) is 24.1 Å². The fourth-order valence-electron chi connectivity index (χ4n) is 1.27. The molecular weight excluding hydrogens is 280 g/mol. The molecule has 2 N–H and O–H groups in total. The first-order valence-electron chi connectivity index (χ1n) is 4.92. The van der Waals surface area contributed by atoms with Crippen molar-refractivity contribution in [2.45, 2.75) is 26.0 Å². The lowest BCUT2D eigenvalue weighted by atomic mass is 10.1. The number of aliphatic hydroxyl groups is 1. The highest BCUT2D eigenvalue weighted by Crippen LogP contribution is 2.16. The van der Waals surface area contributed by atoms with Crippen molar-refractivity contribution in [3.63, 3.8) is 0 Å². The third-order valence-electron chi connectivity index (χ3n) is 2.20. The van der Waals surface area contributed by atoms with E-state index in [4.69, 9.17) is 5.11 Å². The minimum Gasteiger partial charge on any atom is -0.386 e. The Labute approximate surface area is 102 Å². The molecule has 0 saturated heterocycles. The molecule has 0 saturated carbocycles. The fourth-order valence-corrected chi connectivity index (χ4v) is 1.52. The van der Waals surface area contributed by atoms with Crippen LogP contribution in [0.2, 0.25) is 0 Å². The van der Waals surface area contributed by atoms with E-state index in [9.17, 15) is 8.78 Å². The number of hydrogen-bond donors (Lipinski definition) is 2. The van der Waals surface area contributed by atoms with Crippen LogP contribution in [0.3, 0.4) is 0 Å². The maximum atomic E-state index is 12.0. The molecule has 0 aliphatic carbocycles. The fraction of sp³-hybridized carbons (Fsp3) is 0.455. The van der Waals surface area contributed by atoms with E-state index in [0.29, 0.717) is 6.54 Å². The second-order valence-electron chi connectivity index (χ2n) is 3.62. The van der Waals surface area contributed by atoms with Gasteiger partial charge in [0.2, 0.25) is 0 Å². The van der Waals surface area contributed by atoms with Gasteiger partial charge < -0.3 is 10.4 Å². The Bertz CT molecular complexity index is 347. The molecule has 2 nitrogen and oxygen atoms in total. The molecule has 90 valence electrons. The van der Waals surface area contributed by atoms with Crippen LogP contribution in [0.1, 0.15) is 11.1 Å². The number of halogens is 3.